The quantitative estimate of drug-likeness (QED) is 0.749. The monoisotopic (exact) mass is 300 g/mol. The number of carboxylic acid groups (broad SMARTS) is 1. The highest BCUT2D eigenvalue weighted by atomic mass is 16.4. The Balaban J connectivity index is 2.28. The maximum absolute atomic E-state index is 12.1. The topological polar surface area (TPSA) is 80.7 Å². The van der Waals surface area contributed by atoms with Gasteiger partial charge in [-0.3, -0.25) is 4.79 Å². The molecule has 0 unspecified atom stereocenters. The van der Waals surface area contributed by atoms with Crippen molar-refractivity contribution < 1.29 is 18.7 Å². The van der Waals surface area contributed by atoms with E-state index in [9.17, 15) is 9.59 Å². The van der Waals surface area contributed by atoms with Gasteiger partial charge >= 0.3 is 11.6 Å². The summed E-state index contributed by atoms with van der Waals surface area (Å²) in [6.07, 6.45) is 0.0735. The molecule has 1 N–H and O–H groups in total. The van der Waals surface area contributed by atoms with E-state index >= 15 is 0 Å². The van der Waals surface area contributed by atoms with Gasteiger partial charge in [0.25, 0.3) is 0 Å². The number of fused-ring (bicyclic) bond motifs is 2. The van der Waals surface area contributed by atoms with Crippen LogP contribution in [0.15, 0.2) is 25.8 Å². The van der Waals surface area contributed by atoms with Crippen LogP contribution in [0, 0.1) is 20.8 Å². The van der Waals surface area contributed by atoms with E-state index in [-0.39, 0.29) is 12.8 Å². The maximum atomic E-state index is 12.1. The molecule has 114 valence electrons. The highest BCUT2D eigenvalue weighted by Gasteiger charge is 2.15. The SMILES string of the molecule is Cc1oc2cc3oc(=O)c(CCC(=O)O)c(C)c3cc2c1C. The summed E-state index contributed by atoms with van der Waals surface area (Å²) in [6.45, 7) is 5.69. The van der Waals surface area contributed by atoms with Crippen molar-refractivity contribution in [2.24, 2.45) is 0 Å². The molecular formula is C17H16O5. The number of hydrogen-bond acceptors (Lipinski definition) is 4. The maximum Gasteiger partial charge on any atom is 0.339 e. The van der Waals surface area contributed by atoms with Crippen LogP contribution in [-0.4, -0.2) is 11.1 Å². The van der Waals surface area contributed by atoms with Gasteiger partial charge < -0.3 is 13.9 Å². The Bertz CT molecular complexity index is 959. The second-order valence-corrected chi connectivity index (χ2v) is 5.51. The Morgan fingerprint density at radius 1 is 1.05 bits per heavy atom. The highest BCUT2D eigenvalue weighted by molar-refractivity contribution is 5.96. The molecule has 0 atom stereocenters. The average molecular weight is 300 g/mol. The highest BCUT2D eigenvalue weighted by Crippen LogP contribution is 2.31. The summed E-state index contributed by atoms with van der Waals surface area (Å²) in [5, 5.41) is 10.6. The first-order valence-electron chi connectivity index (χ1n) is 7.06. The van der Waals surface area contributed by atoms with E-state index in [1.54, 1.807) is 6.07 Å². The van der Waals surface area contributed by atoms with Crippen molar-refractivity contribution in [2.45, 2.75) is 33.6 Å². The molecule has 5 heteroatoms. The van der Waals surface area contributed by atoms with Crippen LogP contribution < -0.4 is 5.63 Å². The van der Waals surface area contributed by atoms with Gasteiger partial charge in [-0.25, -0.2) is 4.79 Å². The zero-order valence-corrected chi connectivity index (χ0v) is 12.6. The summed E-state index contributed by atoms with van der Waals surface area (Å²) in [7, 11) is 0. The Morgan fingerprint density at radius 3 is 2.36 bits per heavy atom. The minimum atomic E-state index is -0.935. The van der Waals surface area contributed by atoms with Crippen molar-refractivity contribution in [1.29, 1.82) is 0 Å². The molecule has 3 rings (SSSR count). The minimum Gasteiger partial charge on any atom is -0.481 e. The fourth-order valence-corrected chi connectivity index (χ4v) is 2.75. The van der Waals surface area contributed by atoms with Crippen LogP contribution in [0.3, 0.4) is 0 Å². The molecular weight excluding hydrogens is 284 g/mol. The third-order valence-electron chi connectivity index (χ3n) is 4.17. The summed E-state index contributed by atoms with van der Waals surface area (Å²) in [4.78, 5) is 22.8. The predicted octanol–water partition coefficient (Wildman–Crippen LogP) is 3.48. The molecule has 0 radical (unpaired) electrons. The Kier molecular flexibility index (Phi) is 3.28. The van der Waals surface area contributed by atoms with E-state index in [4.69, 9.17) is 13.9 Å². The standard InChI is InChI=1S/C17H16O5/c1-8-10(3)21-14-7-15-13(6-12(8)14)9(2)11(17(20)22-15)4-5-16(18)19/h6-7H,4-5H2,1-3H3,(H,18,19). The van der Waals surface area contributed by atoms with Crippen LogP contribution >= 0.6 is 0 Å². The summed E-state index contributed by atoms with van der Waals surface area (Å²) in [5.74, 6) is -0.105. The lowest BCUT2D eigenvalue weighted by Crippen LogP contribution is -2.12. The Labute approximate surface area is 126 Å². The lowest BCUT2D eigenvalue weighted by Gasteiger charge is -2.07. The van der Waals surface area contributed by atoms with Crippen molar-refractivity contribution in [3.05, 3.63) is 45.0 Å². The lowest BCUT2D eigenvalue weighted by molar-refractivity contribution is -0.136. The number of aryl methyl sites for hydroxylation is 3. The number of rotatable bonds is 3. The van der Waals surface area contributed by atoms with Crippen LogP contribution in [0.1, 0.15) is 28.9 Å². The molecule has 2 aromatic heterocycles. The fourth-order valence-electron chi connectivity index (χ4n) is 2.75. The third kappa shape index (κ3) is 2.19. The Hall–Kier alpha value is -2.56. The molecule has 0 aliphatic rings. The molecule has 0 amide bonds. The number of carboxylic acids is 1. The molecule has 5 nitrogen and oxygen atoms in total. The van der Waals surface area contributed by atoms with E-state index < -0.39 is 11.6 Å². The fraction of sp³-hybridized carbons (Fsp3) is 0.294. The van der Waals surface area contributed by atoms with Gasteiger partial charge in [-0.15, -0.1) is 0 Å². The second kappa shape index (κ2) is 5.02. The molecule has 0 aliphatic heterocycles. The summed E-state index contributed by atoms with van der Waals surface area (Å²) >= 11 is 0. The van der Waals surface area contributed by atoms with Crippen LogP contribution in [0.2, 0.25) is 0 Å². The molecule has 3 aromatic rings. The number of furan rings is 1. The summed E-state index contributed by atoms with van der Waals surface area (Å²) in [6, 6.07) is 3.67. The zero-order chi connectivity index (χ0) is 16.0. The minimum absolute atomic E-state index is 0.0941. The predicted molar refractivity (Wildman–Crippen MR) is 82.4 cm³/mol. The van der Waals surface area contributed by atoms with Gasteiger partial charge in [0, 0.05) is 28.8 Å². The lowest BCUT2D eigenvalue weighted by atomic mass is 10.0. The molecule has 2 heterocycles. The van der Waals surface area contributed by atoms with E-state index in [2.05, 4.69) is 0 Å². The molecule has 22 heavy (non-hydrogen) atoms. The first-order valence-corrected chi connectivity index (χ1v) is 7.06. The van der Waals surface area contributed by atoms with Gasteiger partial charge in [-0.1, -0.05) is 0 Å². The summed E-state index contributed by atoms with van der Waals surface area (Å²) in [5.41, 5.74) is 2.91. The van der Waals surface area contributed by atoms with Crippen LogP contribution in [0.25, 0.3) is 21.9 Å². The molecule has 0 aliphatic carbocycles. The van der Waals surface area contributed by atoms with Crippen molar-refractivity contribution in [1.82, 2.24) is 0 Å². The van der Waals surface area contributed by atoms with E-state index in [1.807, 2.05) is 26.8 Å². The molecule has 0 saturated carbocycles. The van der Waals surface area contributed by atoms with Crippen LogP contribution in [0.5, 0.6) is 0 Å². The zero-order valence-electron chi connectivity index (χ0n) is 12.6. The van der Waals surface area contributed by atoms with Gasteiger partial charge in [0.05, 0.1) is 0 Å². The largest absolute Gasteiger partial charge is 0.481 e. The van der Waals surface area contributed by atoms with Crippen LogP contribution in [-0.2, 0) is 11.2 Å². The smallest absolute Gasteiger partial charge is 0.339 e. The average Bonchev–Trinajstić information content (AvgIpc) is 2.71. The molecule has 0 spiro atoms. The molecule has 0 bridgehead atoms. The number of aliphatic carboxylic acids is 1. The first-order chi connectivity index (χ1) is 10.4. The van der Waals surface area contributed by atoms with Gasteiger partial charge in [-0.05, 0) is 44.4 Å². The normalized spacial score (nSPS) is 11.4. The van der Waals surface area contributed by atoms with E-state index in [0.29, 0.717) is 16.7 Å². The molecule has 1 aromatic carbocycles. The van der Waals surface area contributed by atoms with Gasteiger partial charge in [0.15, 0.2) is 0 Å². The van der Waals surface area contributed by atoms with Gasteiger partial charge in [0.1, 0.15) is 16.9 Å². The first kappa shape index (κ1) is 14.4. The van der Waals surface area contributed by atoms with Crippen molar-refractivity contribution >= 4 is 27.9 Å². The van der Waals surface area contributed by atoms with E-state index in [0.717, 1.165) is 27.7 Å². The number of carbonyl (C=O) groups is 1. The van der Waals surface area contributed by atoms with Gasteiger partial charge in [-0.2, -0.15) is 0 Å². The van der Waals surface area contributed by atoms with Crippen molar-refractivity contribution in [3.63, 3.8) is 0 Å². The number of hydrogen-bond donors (Lipinski definition) is 1. The van der Waals surface area contributed by atoms with Crippen molar-refractivity contribution in [2.75, 3.05) is 0 Å². The van der Waals surface area contributed by atoms with E-state index in [1.165, 1.54) is 0 Å². The molecule has 0 saturated heterocycles. The molecule has 0 fully saturated rings. The third-order valence-corrected chi connectivity index (χ3v) is 4.17. The number of benzene rings is 1. The van der Waals surface area contributed by atoms with Crippen LogP contribution in [0.4, 0.5) is 0 Å². The summed E-state index contributed by atoms with van der Waals surface area (Å²) < 4.78 is 11.0. The van der Waals surface area contributed by atoms with Crippen molar-refractivity contribution in [3.8, 4) is 0 Å². The Morgan fingerprint density at radius 2 is 1.68 bits per heavy atom. The second-order valence-electron chi connectivity index (χ2n) is 5.51. The van der Waals surface area contributed by atoms with Gasteiger partial charge in [0.2, 0.25) is 0 Å².